The van der Waals surface area contributed by atoms with Gasteiger partial charge in [-0.3, -0.25) is 14.9 Å². The van der Waals surface area contributed by atoms with Crippen LogP contribution in [0.15, 0.2) is 54.6 Å². The lowest BCUT2D eigenvalue weighted by Gasteiger charge is -2.38. The molecule has 1 unspecified atom stereocenters. The normalized spacial score (nSPS) is 18.0. The van der Waals surface area contributed by atoms with E-state index in [-0.39, 0.29) is 17.7 Å². The number of aromatic nitrogens is 1. The second-order valence-electron chi connectivity index (χ2n) is 8.38. The van der Waals surface area contributed by atoms with Gasteiger partial charge >= 0.3 is 0 Å². The van der Waals surface area contributed by atoms with Gasteiger partial charge in [0.25, 0.3) is 5.91 Å². The van der Waals surface area contributed by atoms with Gasteiger partial charge in [0.2, 0.25) is 5.91 Å². The minimum atomic E-state index is -0.231. The summed E-state index contributed by atoms with van der Waals surface area (Å²) in [5.41, 5.74) is 2.53. The molecule has 2 aromatic carbocycles. The molecular weight excluding hydrogens is 456 g/mol. The van der Waals surface area contributed by atoms with E-state index < -0.39 is 0 Å². The number of aryl methyl sites for hydroxylation is 1. The molecule has 1 fully saturated rings. The number of nitrogens with zero attached hydrogens (tertiary/aromatic N) is 3. The Bertz CT molecular complexity index is 1160. The minimum absolute atomic E-state index is 0.146. The zero-order valence-corrected chi connectivity index (χ0v) is 19.7. The maximum Gasteiger partial charge on any atom is 0.257 e. The van der Waals surface area contributed by atoms with Gasteiger partial charge in [0.1, 0.15) is 0 Å². The van der Waals surface area contributed by atoms with E-state index in [0.717, 1.165) is 53.6 Å². The van der Waals surface area contributed by atoms with Gasteiger partial charge in [-0.1, -0.05) is 35.9 Å². The monoisotopic (exact) mass is 480 g/mol. The van der Waals surface area contributed by atoms with E-state index in [1.165, 1.54) is 11.3 Å². The summed E-state index contributed by atoms with van der Waals surface area (Å²) in [6.45, 7) is 2.92. The topological polar surface area (TPSA) is 65.5 Å². The summed E-state index contributed by atoms with van der Waals surface area (Å²) in [6, 6.07) is 16.9. The number of carbonyl (C=O) groups is 2. The van der Waals surface area contributed by atoms with Gasteiger partial charge in [-0.15, -0.1) is 11.3 Å². The zero-order valence-electron chi connectivity index (χ0n) is 18.2. The number of carbonyl (C=O) groups excluding carboxylic acids is 2. The van der Waals surface area contributed by atoms with E-state index in [1.807, 2.05) is 41.3 Å². The lowest BCUT2D eigenvalue weighted by Crippen LogP contribution is -2.50. The predicted molar refractivity (Wildman–Crippen MR) is 132 cm³/mol. The summed E-state index contributed by atoms with van der Waals surface area (Å²) >= 11 is 7.63. The van der Waals surface area contributed by atoms with E-state index in [4.69, 9.17) is 16.6 Å². The number of benzene rings is 2. The van der Waals surface area contributed by atoms with Crippen molar-refractivity contribution in [1.82, 2.24) is 9.88 Å². The SMILES string of the molecule is O=C(Nc1nc2c(s1)CCCC2C(=O)N1CCN(c2cccc(Cl)c2)CC1)c1ccccc1. The molecule has 170 valence electrons. The molecule has 5 rings (SSSR count). The van der Waals surface area contributed by atoms with E-state index in [9.17, 15) is 9.59 Å². The summed E-state index contributed by atoms with van der Waals surface area (Å²) in [5, 5.41) is 4.20. The highest BCUT2D eigenvalue weighted by Crippen LogP contribution is 2.38. The Morgan fingerprint density at radius 1 is 1.03 bits per heavy atom. The van der Waals surface area contributed by atoms with Crippen molar-refractivity contribution in [3.05, 3.63) is 75.8 Å². The number of hydrogen-bond donors (Lipinski definition) is 1. The van der Waals surface area contributed by atoms with Gasteiger partial charge in [0.15, 0.2) is 5.13 Å². The third-order valence-corrected chi connectivity index (χ3v) is 7.55. The van der Waals surface area contributed by atoms with Gasteiger partial charge in [0.05, 0.1) is 11.6 Å². The summed E-state index contributed by atoms with van der Waals surface area (Å²) in [7, 11) is 0. The number of anilines is 2. The molecule has 8 heteroatoms. The number of halogens is 1. The zero-order chi connectivity index (χ0) is 22.8. The molecule has 1 aliphatic carbocycles. The maximum absolute atomic E-state index is 13.4. The molecule has 0 saturated carbocycles. The van der Waals surface area contributed by atoms with Crippen molar-refractivity contribution in [2.24, 2.45) is 0 Å². The number of fused-ring (bicyclic) bond motifs is 1. The molecule has 1 aliphatic heterocycles. The molecule has 33 heavy (non-hydrogen) atoms. The fourth-order valence-electron chi connectivity index (χ4n) is 4.55. The molecule has 1 atom stereocenters. The summed E-state index contributed by atoms with van der Waals surface area (Å²) in [4.78, 5) is 36.0. The van der Waals surface area contributed by atoms with E-state index >= 15 is 0 Å². The molecule has 1 saturated heterocycles. The first-order valence-electron chi connectivity index (χ1n) is 11.2. The maximum atomic E-state index is 13.4. The first-order valence-corrected chi connectivity index (χ1v) is 12.4. The third kappa shape index (κ3) is 4.75. The first kappa shape index (κ1) is 21.9. The number of thiazole rings is 1. The number of piperazine rings is 1. The summed E-state index contributed by atoms with van der Waals surface area (Å²) < 4.78 is 0. The number of rotatable bonds is 4. The molecular formula is C25H25ClN4O2S. The van der Waals surface area contributed by atoms with Gasteiger partial charge in [0, 0.05) is 47.3 Å². The Balaban J connectivity index is 1.26. The van der Waals surface area contributed by atoms with Gasteiger partial charge < -0.3 is 9.80 Å². The van der Waals surface area contributed by atoms with E-state index in [2.05, 4.69) is 16.3 Å². The number of hydrogen-bond acceptors (Lipinski definition) is 5. The Labute approximate surface area is 202 Å². The highest BCUT2D eigenvalue weighted by atomic mass is 35.5. The predicted octanol–water partition coefficient (Wildman–Crippen LogP) is 4.82. The van der Waals surface area contributed by atoms with Crippen molar-refractivity contribution < 1.29 is 9.59 Å². The molecule has 6 nitrogen and oxygen atoms in total. The summed E-state index contributed by atoms with van der Waals surface area (Å²) in [6.07, 6.45) is 2.66. The fraction of sp³-hybridized carbons (Fsp3) is 0.320. The van der Waals surface area contributed by atoms with Gasteiger partial charge in [-0.2, -0.15) is 0 Å². The van der Waals surface area contributed by atoms with Crippen molar-refractivity contribution in [1.29, 1.82) is 0 Å². The Hall–Kier alpha value is -2.90. The van der Waals surface area contributed by atoms with Crippen LogP contribution in [0.4, 0.5) is 10.8 Å². The van der Waals surface area contributed by atoms with Gasteiger partial charge in [-0.05, 0) is 49.6 Å². The fourth-order valence-corrected chi connectivity index (χ4v) is 5.79. The summed E-state index contributed by atoms with van der Waals surface area (Å²) in [5.74, 6) is -0.264. The van der Waals surface area contributed by atoms with Crippen molar-refractivity contribution in [3.8, 4) is 0 Å². The van der Waals surface area contributed by atoms with Crippen LogP contribution < -0.4 is 10.2 Å². The molecule has 0 spiro atoms. The second-order valence-corrected chi connectivity index (χ2v) is 9.90. The van der Waals surface area contributed by atoms with Crippen molar-refractivity contribution in [3.63, 3.8) is 0 Å². The highest BCUT2D eigenvalue weighted by Gasteiger charge is 2.34. The molecule has 2 heterocycles. The molecule has 1 aromatic heterocycles. The number of nitrogens with one attached hydrogen (secondary N) is 1. The second kappa shape index (κ2) is 9.53. The molecule has 1 N–H and O–H groups in total. The first-order chi connectivity index (χ1) is 16.1. The Morgan fingerprint density at radius 2 is 1.82 bits per heavy atom. The van der Waals surface area contributed by atoms with Crippen LogP contribution in [-0.2, 0) is 11.2 Å². The quantitative estimate of drug-likeness (QED) is 0.581. The van der Waals surface area contributed by atoms with Crippen LogP contribution in [0.1, 0.15) is 39.7 Å². The van der Waals surface area contributed by atoms with Crippen LogP contribution in [0.3, 0.4) is 0 Å². The van der Waals surface area contributed by atoms with Crippen LogP contribution in [0, 0.1) is 0 Å². The van der Waals surface area contributed by atoms with Crippen LogP contribution in [0.25, 0.3) is 0 Å². The smallest absolute Gasteiger partial charge is 0.257 e. The van der Waals surface area contributed by atoms with Crippen LogP contribution in [0.5, 0.6) is 0 Å². The lowest BCUT2D eigenvalue weighted by molar-refractivity contribution is -0.133. The number of amides is 2. The largest absolute Gasteiger partial charge is 0.368 e. The van der Waals surface area contributed by atoms with E-state index in [1.54, 1.807) is 12.1 Å². The average molecular weight is 481 g/mol. The third-order valence-electron chi connectivity index (χ3n) is 6.27. The molecule has 3 aromatic rings. The highest BCUT2D eigenvalue weighted by molar-refractivity contribution is 7.16. The molecule has 2 amide bonds. The van der Waals surface area contributed by atoms with Gasteiger partial charge in [-0.25, -0.2) is 4.98 Å². The van der Waals surface area contributed by atoms with Crippen molar-refractivity contribution in [2.45, 2.75) is 25.2 Å². The Kier molecular flexibility index (Phi) is 6.33. The van der Waals surface area contributed by atoms with Crippen LogP contribution >= 0.6 is 22.9 Å². The Morgan fingerprint density at radius 3 is 2.58 bits per heavy atom. The molecule has 2 aliphatic rings. The van der Waals surface area contributed by atoms with Crippen LogP contribution in [0.2, 0.25) is 5.02 Å². The molecule has 0 bridgehead atoms. The van der Waals surface area contributed by atoms with Crippen molar-refractivity contribution >= 4 is 45.6 Å². The molecule has 0 radical (unpaired) electrons. The standard InChI is InChI=1S/C25H25ClN4O2S/c26-18-8-4-9-19(16-18)29-12-14-30(15-13-29)24(32)20-10-5-11-21-22(20)27-25(33-21)28-23(31)17-6-2-1-3-7-17/h1-4,6-9,16,20H,5,10-15H2,(H,27,28,31). The van der Waals surface area contributed by atoms with Crippen molar-refractivity contribution in [2.75, 3.05) is 36.4 Å². The minimum Gasteiger partial charge on any atom is -0.368 e. The lowest BCUT2D eigenvalue weighted by atomic mass is 9.89. The van der Waals surface area contributed by atoms with E-state index in [0.29, 0.717) is 23.8 Å². The average Bonchev–Trinajstić information content (AvgIpc) is 3.27. The van der Waals surface area contributed by atoms with Crippen LogP contribution in [-0.4, -0.2) is 47.9 Å².